The van der Waals surface area contributed by atoms with E-state index in [-0.39, 0.29) is 0 Å². The molecule has 1 aromatic heterocycles. The summed E-state index contributed by atoms with van der Waals surface area (Å²) in [6, 6.07) is 0. The third-order valence-electron chi connectivity index (χ3n) is 0.987. The molecule has 0 fully saturated rings. The van der Waals surface area contributed by atoms with Crippen molar-refractivity contribution in [1.82, 2.24) is 9.59 Å². The number of aromatic nitrogens is 2. The third-order valence-corrected chi connectivity index (χ3v) is 1.49. The van der Waals surface area contributed by atoms with Crippen LogP contribution < -0.4 is 0 Å². The minimum atomic E-state index is -0.840. The zero-order valence-corrected chi connectivity index (χ0v) is 6.14. The van der Waals surface area contributed by atoms with Gasteiger partial charge in [-0.3, -0.25) is 0 Å². The Morgan fingerprint density at radius 3 is 2.56 bits per heavy atom. The molecule has 1 aromatic rings. The Morgan fingerprint density at radius 1 is 1.67 bits per heavy atom. The average molecular weight is 144 g/mol. The molecule has 0 aliphatic rings. The highest BCUT2D eigenvalue weighted by Gasteiger charge is 2.18. The Labute approximate surface area is 57.5 Å². The first-order chi connectivity index (χ1) is 4.11. The van der Waals surface area contributed by atoms with Crippen molar-refractivity contribution in [1.29, 1.82) is 0 Å². The Bertz CT molecular complexity index is 177. The lowest BCUT2D eigenvalue weighted by molar-refractivity contribution is 0.0738. The molecule has 1 heterocycles. The van der Waals surface area contributed by atoms with Gasteiger partial charge in [0.25, 0.3) is 0 Å². The molecule has 1 N–H and O–H groups in total. The molecule has 0 amide bonds. The van der Waals surface area contributed by atoms with Gasteiger partial charge >= 0.3 is 0 Å². The van der Waals surface area contributed by atoms with Gasteiger partial charge in [0.2, 0.25) is 0 Å². The van der Waals surface area contributed by atoms with E-state index in [9.17, 15) is 5.11 Å². The molecule has 4 heteroatoms. The van der Waals surface area contributed by atoms with Gasteiger partial charge in [0.05, 0.1) is 0 Å². The first-order valence-electron chi connectivity index (χ1n) is 2.60. The molecule has 0 atom stereocenters. The quantitative estimate of drug-likeness (QED) is 0.633. The van der Waals surface area contributed by atoms with Crippen LogP contribution in [-0.2, 0) is 5.60 Å². The van der Waals surface area contributed by atoms with Crippen LogP contribution in [0, 0.1) is 0 Å². The fourth-order valence-corrected chi connectivity index (χ4v) is 1.05. The van der Waals surface area contributed by atoms with Gasteiger partial charge in [-0.2, -0.15) is 0 Å². The normalized spacial score (nSPS) is 11.9. The van der Waals surface area contributed by atoms with Gasteiger partial charge in [-0.15, -0.1) is 5.10 Å². The molecule has 0 spiro atoms. The van der Waals surface area contributed by atoms with Crippen molar-refractivity contribution in [2.24, 2.45) is 0 Å². The Hall–Kier alpha value is -0.480. The molecule has 0 aliphatic carbocycles. The fraction of sp³-hybridized carbons (Fsp3) is 0.600. The van der Waals surface area contributed by atoms with Gasteiger partial charge in [0, 0.05) is 5.38 Å². The van der Waals surface area contributed by atoms with Crippen LogP contribution in [-0.4, -0.2) is 14.7 Å². The SMILES string of the molecule is CC(C)(O)c1csnn1. The maximum atomic E-state index is 9.28. The van der Waals surface area contributed by atoms with E-state index in [1.54, 1.807) is 19.2 Å². The third kappa shape index (κ3) is 1.46. The highest BCUT2D eigenvalue weighted by atomic mass is 32.1. The minimum Gasteiger partial charge on any atom is -0.384 e. The van der Waals surface area contributed by atoms with Crippen LogP contribution in [0.25, 0.3) is 0 Å². The molecule has 9 heavy (non-hydrogen) atoms. The van der Waals surface area contributed by atoms with Gasteiger partial charge in [-0.05, 0) is 25.4 Å². The van der Waals surface area contributed by atoms with Crippen LogP contribution in [0.1, 0.15) is 19.5 Å². The van der Waals surface area contributed by atoms with Crippen LogP contribution in [0.15, 0.2) is 5.38 Å². The molecule has 0 saturated heterocycles. The Balaban J connectivity index is 2.90. The standard InChI is InChI=1S/C5H8N2OS/c1-5(2,8)4-3-9-7-6-4/h3,8H,1-2H3. The topological polar surface area (TPSA) is 46.0 Å². The Morgan fingerprint density at radius 2 is 2.33 bits per heavy atom. The van der Waals surface area contributed by atoms with Crippen LogP contribution in [0.4, 0.5) is 0 Å². The van der Waals surface area contributed by atoms with E-state index >= 15 is 0 Å². The first kappa shape index (κ1) is 6.64. The molecular weight excluding hydrogens is 136 g/mol. The lowest BCUT2D eigenvalue weighted by Crippen LogP contribution is -2.15. The van der Waals surface area contributed by atoms with Crippen LogP contribution >= 0.6 is 11.5 Å². The summed E-state index contributed by atoms with van der Waals surface area (Å²) in [6.45, 7) is 3.37. The average Bonchev–Trinajstić information content (AvgIpc) is 2.08. The highest BCUT2D eigenvalue weighted by molar-refractivity contribution is 7.03. The number of aliphatic hydroxyl groups is 1. The summed E-state index contributed by atoms with van der Waals surface area (Å²) in [5.74, 6) is 0. The van der Waals surface area contributed by atoms with Gasteiger partial charge in [0.1, 0.15) is 11.3 Å². The van der Waals surface area contributed by atoms with Gasteiger partial charge < -0.3 is 5.11 Å². The van der Waals surface area contributed by atoms with Crippen LogP contribution in [0.5, 0.6) is 0 Å². The van der Waals surface area contributed by atoms with Crippen molar-refractivity contribution < 1.29 is 5.11 Å². The predicted octanol–water partition coefficient (Wildman–Crippen LogP) is 0.766. The monoisotopic (exact) mass is 144 g/mol. The largest absolute Gasteiger partial charge is 0.384 e. The van der Waals surface area contributed by atoms with Crippen molar-refractivity contribution in [3.8, 4) is 0 Å². The highest BCUT2D eigenvalue weighted by Crippen LogP contribution is 2.16. The molecule has 50 valence electrons. The van der Waals surface area contributed by atoms with E-state index in [0.717, 1.165) is 0 Å². The second kappa shape index (κ2) is 2.04. The molecule has 0 saturated carbocycles. The molecule has 0 radical (unpaired) electrons. The molecular formula is C5H8N2OS. The van der Waals surface area contributed by atoms with Crippen molar-refractivity contribution in [2.75, 3.05) is 0 Å². The Kier molecular flexibility index (Phi) is 1.50. The number of hydrogen-bond acceptors (Lipinski definition) is 4. The van der Waals surface area contributed by atoms with Gasteiger partial charge in [-0.1, -0.05) is 4.49 Å². The zero-order valence-electron chi connectivity index (χ0n) is 5.33. The molecule has 0 bridgehead atoms. The van der Waals surface area contributed by atoms with E-state index in [2.05, 4.69) is 9.59 Å². The number of hydrogen-bond donors (Lipinski definition) is 1. The summed E-state index contributed by atoms with van der Waals surface area (Å²) in [7, 11) is 0. The summed E-state index contributed by atoms with van der Waals surface area (Å²) < 4.78 is 3.62. The van der Waals surface area contributed by atoms with E-state index < -0.39 is 5.60 Å². The van der Waals surface area contributed by atoms with Gasteiger partial charge in [-0.25, -0.2) is 0 Å². The summed E-state index contributed by atoms with van der Waals surface area (Å²) in [5.41, 5.74) is -0.208. The number of nitrogens with zero attached hydrogens (tertiary/aromatic N) is 2. The van der Waals surface area contributed by atoms with E-state index in [1.165, 1.54) is 11.5 Å². The van der Waals surface area contributed by atoms with E-state index in [4.69, 9.17) is 0 Å². The summed E-state index contributed by atoms with van der Waals surface area (Å²) >= 11 is 1.25. The van der Waals surface area contributed by atoms with Gasteiger partial charge in [0.15, 0.2) is 0 Å². The van der Waals surface area contributed by atoms with Crippen LogP contribution in [0.2, 0.25) is 0 Å². The lowest BCUT2D eigenvalue weighted by atomic mass is 10.1. The first-order valence-corrected chi connectivity index (χ1v) is 3.44. The maximum Gasteiger partial charge on any atom is 0.106 e. The zero-order chi connectivity index (χ0) is 6.91. The second-order valence-corrected chi connectivity index (χ2v) is 2.96. The van der Waals surface area contributed by atoms with Crippen molar-refractivity contribution in [2.45, 2.75) is 19.4 Å². The van der Waals surface area contributed by atoms with Crippen molar-refractivity contribution >= 4 is 11.5 Å². The van der Waals surface area contributed by atoms with Crippen molar-refractivity contribution in [3.05, 3.63) is 11.1 Å². The lowest BCUT2D eigenvalue weighted by Gasteiger charge is -2.11. The van der Waals surface area contributed by atoms with Crippen molar-refractivity contribution in [3.63, 3.8) is 0 Å². The summed E-state index contributed by atoms with van der Waals surface area (Å²) in [4.78, 5) is 0. The van der Waals surface area contributed by atoms with Crippen LogP contribution in [0.3, 0.4) is 0 Å². The fourth-order valence-electron chi connectivity index (χ4n) is 0.431. The van der Waals surface area contributed by atoms with E-state index in [0.29, 0.717) is 5.69 Å². The predicted molar refractivity (Wildman–Crippen MR) is 35.2 cm³/mol. The van der Waals surface area contributed by atoms with E-state index in [1.807, 2.05) is 0 Å². The molecule has 0 unspecified atom stereocenters. The summed E-state index contributed by atoms with van der Waals surface area (Å²) in [5, 5.41) is 14.7. The molecule has 0 aromatic carbocycles. The number of rotatable bonds is 1. The molecule has 1 rings (SSSR count). The minimum absolute atomic E-state index is 0.632. The summed E-state index contributed by atoms with van der Waals surface area (Å²) in [6.07, 6.45) is 0. The molecule has 3 nitrogen and oxygen atoms in total. The smallest absolute Gasteiger partial charge is 0.106 e. The second-order valence-electron chi connectivity index (χ2n) is 2.35. The molecule has 0 aliphatic heterocycles. The maximum absolute atomic E-state index is 9.28.